The van der Waals surface area contributed by atoms with Gasteiger partial charge in [0.1, 0.15) is 30.0 Å². The summed E-state index contributed by atoms with van der Waals surface area (Å²) in [4.78, 5) is 12.3. The van der Waals surface area contributed by atoms with Crippen LogP contribution in [0.25, 0.3) is 0 Å². The molecule has 1 heterocycles. The number of ether oxygens (including phenoxy) is 2. The summed E-state index contributed by atoms with van der Waals surface area (Å²) >= 11 is 0. The number of hydrogen-bond acceptors (Lipinski definition) is 9. The SMILES string of the molecule is CC1=C2C[C@@](O)(C(C)(C)O)[C@H](O[C@@H]3O[C@H](CO)[C@@H](O)[C@H](O)[C@H]3O)C[C@H](C)[C@@H]2CC1=O. The van der Waals surface area contributed by atoms with Gasteiger partial charge in [-0.2, -0.15) is 0 Å². The van der Waals surface area contributed by atoms with Gasteiger partial charge in [-0.15, -0.1) is 0 Å². The van der Waals surface area contributed by atoms with Crippen LogP contribution in [0.5, 0.6) is 0 Å². The Bertz CT molecular complexity index is 697. The van der Waals surface area contributed by atoms with Crippen LogP contribution in [0.4, 0.5) is 0 Å². The first-order valence-corrected chi connectivity index (χ1v) is 10.4. The number of ketones is 1. The molecule has 0 aromatic carbocycles. The van der Waals surface area contributed by atoms with E-state index in [1.807, 2.05) is 6.92 Å². The molecule has 9 nitrogen and oxygen atoms in total. The Hall–Kier alpha value is -0.910. The van der Waals surface area contributed by atoms with Crippen molar-refractivity contribution in [3.8, 4) is 0 Å². The van der Waals surface area contributed by atoms with Crippen molar-refractivity contribution in [2.75, 3.05) is 6.61 Å². The lowest BCUT2D eigenvalue weighted by molar-refractivity contribution is -0.333. The highest BCUT2D eigenvalue weighted by Crippen LogP contribution is 2.49. The van der Waals surface area contributed by atoms with Gasteiger partial charge < -0.3 is 40.1 Å². The Kier molecular flexibility index (Phi) is 6.50. The molecule has 1 saturated heterocycles. The molecule has 0 aromatic heterocycles. The summed E-state index contributed by atoms with van der Waals surface area (Å²) in [5, 5.41) is 62.3. The van der Waals surface area contributed by atoms with E-state index >= 15 is 0 Å². The summed E-state index contributed by atoms with van der Waals surface area (Å²) in [5.41, 5.74) is -2.03. The molecular formula is C21H34O9. The number of carbonyl (C=O) groups excluding carboxylic acids is 1. The van der Waals surface area contributed by atoms with Crippen LogP contribution in [0, 0.1) is 11.8 Å². The third-order valence-electron chi connectivity index (χ3n) is 7.22. The van der Waals surface area contributed by atoms with Gasteiger partial charge in [0.2, 0.25) is 0 Å². The molecule has 0 bridgehead atoms. The lowest BCUT2D eigenvalue weighted by Gasteiger charge is -2.47. The number of rotatable bonds is 4. The molecule has 9 atom stereocenters. The van der Waals surface area contributed by atoms with Crippen LogP contribution >= 0.6 is 0 Å². The first kappa shape index (κ1) is 23.7. The van der Waals surface area contributed by atoms with Crippen LogP contribution in [0.3, 0.4) is 0 Å². The van der Waals surface area contributed by atoms with E-state index in [0.717, 1.165) is 5.57 Å². The Morgan fingerprint density at radius 1 is 1.20 bits per heavy atom. The van der Waals surface area contributed by atoms with E-state index in [1.54, 1.807) is 6.92 Å². The largest absolute Gasteiger partial charge is 0.394 e. The summed E-state index contributed by atoms with van der Waals surface area (Å²) in [6, 6.07) is 0. The molecule has 1 saturated carbocycles. The van der Waals surface area contributed by atoms with Crippen molar-refractivity contribution in [1.82, 2.24) is 0 Å². The molecule has 9 heteroatoms. The van der Waals surface area contributed by atoms with Gasteiger partial charge in [0.15, 0.2) is 12.1 Å². The maximum Gasteiger partial charge on any atom is 0.187 e. The third kappa shape index (κ3) is 3.86. The number of hydrogen-bond donors (Lipinski definition) is 6. The second-order valence-electron chi connectivity index (χ2n) is 9.58. The van der Waals surface area contributed by atoms with Crippen LogP contribution in [0.15, 0.2) is 11.1 Å². The van der Waals surface area contributed by atoms with E-state index in [1.165, 1.54) is 13.8 Å². The highest BCUT2D eigenvalue weighted by atomic mass is 16.7. The highest BCUT2D eigenvalue weighted by Gasteiger charge is 2.56. The van der Waals surface area contributed by atoms with Gasteiger partial charge in [0, 0.05) is 12.8 Å². The predicted molar refractivity (Wildman–Crippen MR) is 104 cm³/mol. The number of aliphatic hydroxyl groups excluding tert-OH is 4. The monoisotopic (exact) mass is 430 g/mol. The van der Waals surface area contributed by atoms with Gasteiger partial charge in [0.05, 0.1) is 18.3 Å². The number of allylic oxidation sites excluding steroid dienone is 1. The minimum Gasteiger partial charge on any atom is -0.394 e. The Morgan fingerprint density at radius 2 is 1.83 bits per heavy atom. The minimum atomic E-state index is -1.81. The van der Waals surface area contributed by atoms with Gasteiger partial charge in [-0.25, -0.2) is 0 Å². The quantitative estimate of drug-likeness (QED) is 0.329. The van der Waals surface area contributed by atoms with E-state index in [0.29, 0.717) is 12.0 Å². The normalized spacial score (nSPS) is 45.5. The zero-order valence-electron chi connectivity index (χ0n) is 17.9. The van der Waals surface area contributed by atoms with E-state index in [9.17, 15) is 35.4 Å². The van der Waals surface area contributed by atoms with Crippen LogP contribution < -0.4 is 0 Å². The Labute approximate surface area is 175 Å². The zero-order valence-corrected chi connectivity index (χ0v) is 17.9. The number of fused-ring (bicyclic) bond motifs is 1. The van der Waals surface area contributed by atoms with Gasteiger partial charge in [-0.05, 0) is 44.6 Å². The second-order valence-corrected chi connectivity index (χ2v) is 9.58. The lowest BCUT2D eigenvalue weighted by atomic mass is 9.76. The lowest BCUT2D eigenvalue weighted by Crippen LogP contribution is -2.64. The number of carbonyl (C=O) groups is 1. The summed E-state index contributed by atoms with van der Waals surface area (Å²) in [6.45, 7) is 5.98. The molecule has 2 fully saturated rings. The maximum absolute atomic E-state index is 12.3. The van der Waals surface area contributed by atoms with E-state index in [-0.39, 0.29) is 30.5 Å². The fourth-order valence-electron chi connectivity index (χ4n) is 4.96. The molecule has 0 amide bonds. The van der Waals surface area contributed by atoms with Crippen molar-refractivity contribution in [2.24, 2.45) is 11.8 Å². The first-order valence-electron chi connectivity index (χ1n) is 10.4. The fourth-order valence-corrected chi connectivity index (χ4v) is 4.96. The summed E-state index contributed by atoms with van der Waals surface area (Å²) < 4.78 is 11.4. The Morgan fingerprint density at radius 3 is 2.40 bits per heavy atom. The molecular weight excluding hydrogens is 396 g/mol. The average molecular weight is 430 g/mol. The zero-order chi connectivity index (χ0) is 22.6. The van der Waals surface area contributed by atoms with E-state index < -0.39 is 54.6 Å². The molecule has 172 valence electrons. The van der Waals surface area contributed by atoms with Crippen molar-refractivity contribution < 1.29 is 44.9 Å². The molecule has 2 aliphatic carbocycles. The van der Waals surface area contributed by atoms with Crippen LogP contribution in [-0.2, 0) is 14.3 Å². The van der Waals surface area contributed by atoms with E-state index in [2.05, 4.69) is 0 Å². The summed E-state index contributed by atoms with van der Waals surface area (Å²) in [6.07, 6.45) is -7.70. The second kappa shape index (κ2) is 8.22. The van der Waals surface area contributed by atoms with Crippen LogP contribution in [0.2, 0.25) is 0 Å². The summed E-state index contributed by atoms with van der Waals surface area (Å²) in [7, 11) is 0. The van der Waals surface area contributed by atoms with Crippen molar-refractivity contribution in [3.63, 3.8) is 0 Å². The molecule has 0 aromatic rings. The van der Waals surface area contributed by atoms with Crippen molar-refractivity contribution in [1.29, 1.82) is 0 Å². The minimum absolute atomic E-state index is 0.0190. The predicted octanol–water partition coefficient (Wildman–Crippen LogP) is -0.991. The summed E-state index contributed by atoms with van der Waals surface area (Å²) in [5.74, 6) is -0.101. The topological polar surface area (TPSA) is 157 Å². The smallest absolute Gasteiger partial charge is 0.187 e. The molecule has 0 unspecified atom stereocenters. The highest BCUT2D eigenvalue weighted by molar-refractivity contribution is 5.98. The van der Waals surface area contributed by atoms with Gasteiger partial charge >= 0.3 is 0 Å². The maximum atomic E-state index is 12.3. The fraction of sp³-hybridized carbons (Fsp3) is 0.857. The van der Waals surface area contributed by atoms with Crippen LogP contribution in [0.1, 0.15) is 47.0 Å². The first-order chi connectivity index (χ1) is 13.8. The van der Waals surface area contributed by atoms with Gasteiger partial charge in [0.25, 0.3) is 0 Å². The number of aliphatic hydroxyl groups is 6. The third-order valence-corrected chi connectivity index (χ3v) is 7.22. The molecule has 0 radical (unpaired) electrons. The molecule has 0 spiro atoms. The average Bonchev–Trinajstić information content (AvgIpc) is 2.88. The van der Waals surface area contributed by atoms with Gasteiger partial charge in [-0.3, -0.25) is 4.79 Å². The molecule has 30 heavy (non-hydrogen) atoms. The van der Waals surface area contributed by atoms with Crippen molar-refractivity contribution in [3.05, 3.63) is 11.1 Å². The van der Waals surface area contributed by atoms with Crippen molar-refractivity contribution >= 4 is 5.78 Å². The molecule has 1 aliphatic heterocycles. The van der Waals surface area contributed by atoms with Crippen LogP contribution in [-0.4, -0.2) is 91.0 Å². The van der Waals surface area contributed by atoms with Crippen molar-refractivity contribution in [2.45, 2.75) is 95.0 Å². The molecule has 3 rings (SSSR count). The van der Waals surface area contributed by atoms with E-state index in [4.69, 9.17) is 9.47 Å². The number of Topliss-reactive ketones (excluding diaryl/α,β-unsaturated/α-hetero) is 1. The molecule has 6 N–H and O–H groups in total. The van der Waals surface area contributed by atoms with Gasteiger partial charge in [-0.1, -0.05) is 12.5 Å². The standard InChI is InChI=1S/C21H34O9/c1-9-5-15(30-19-18(26)17(25)16(24)14(8-22)29-19)21(28,20(3,4)27)7-12-10(2)13(23)6-11(9)12/h9,11,14-19,22,24-28H,5-8H2,1-4H3/t9-,11-,14+,15+,16+,17-,18+,19-,21-/m0/s1. The molecule has 3 aliphatic rings. The Balaban J connectivity index is 1.95.